The van der Waals surface area contributed by atoms with Gasteiger partial charge in [-0.15, -0.1) is 23.1 Å². The summed E-state index contributed by atoms with van der Waals surface area (Å²) in [5.74, 6) is 0. The SMILES string of the molecule is CC(CN1CCNCC1)Sc1ccc(Br)s1. The molecule has 5 heteroatoms. The molecule has 0 saturated carbocycles. The quantitative estimate of drug-likeness (QED) is 0.859. The summed E-state index contributed by atoms with van der Waals surface area (Å²) in [5, 5.41) is 4.06. The number of piperazine rings is 1. The third-order valence-corrected chi connectivity index (χ3v) is 5.47. The van der Waals surface area contributed by atoms with Crippen molar-refractivity contribution in [3.8, 4) is 0 Å². The van der Waals surface area contributed by atoms with Crippen LogP contribution in [0.15, 0.2) is 20.1 Å². The lowest BCUT2D eigenvalue weighted by atomic mass is 10.3. The summed E-state index contributed by atoms with van der Waals surface area (Å²) in [6.45, 7) is 8.18. The van der Waals surface area contributed by atoms with Crippen molar-refractivity contribution in [3.05, 3.63) is 15.9 Å². The Morgan fingerprint density at radius 3 is 2.88 bits per heavy atom. The number of nitrogens with one attached hydrogen (secondary N) is 1. The number of hydrogen-bond donors (Lipinski definition) is 1. The summed E-state index contributed by atoms with van der Waals surface area (Å²) in [4.78, 5) is 2.55. The number of rotatable bonds is 4. The van der Waals surface area contributed by atoms with E-state index in [0.717, 1.165) is 13.1 Å². The zero-order chi connectivity index (χ0) is 11.4. The van der Waals surface area contributed by atoms with E-state index >= 15 is 0 Å². The molecule has 2 nitrogen and oxygen atoms in total. The minimum Gasteiger partial charge on any atom is -0.314 e. The maximum Gasteiger partial charge on any atom is 0.0710 e. The summed E-state index contributed by atoms with van der Waals surface area (Å²) in [6.07, 6.45) is 0. The van der Waals surface area contributed by atoms with E-state index in [1.54, 1.807) is 0 Å². The van der Waals surface area contributed by atoms with Crippen LogP contribution >= 0.6 is 39.0 Å². The molecule has 1 N–H and O–H groups in total. The molecule has 1 saturated heterocycles. The standard InChI is InChI=1S/C11H17BrN2S2/c1-9(8-14-6-4-13-5-7-14)15-11-3-2-10(12)16-11/h2-3,9,13H,4-8H2,1H3. The Morgan fingerprint density at radius 2 is 2.25 bits per heavy atom. The number of halogens is 1. The molecule has 1 aromatic heterocycles. The summed E-state index contributed by atoms with van der Waals surface area (Å²) in [6, 6.07) is 4.33. The Balaban J connectivity index is 1.77. The molecule has 0 bridgehead atoms. The van der Waals surface area contributed by atoms with Crippen LogP contribution in [0.4, 0.5) is 0 Å². The third kappa shape index (κ3) is 4.04. The second-order valence-electron chi connectivity index (χ2n) is 4.04. The zero-order valence-electron chi connectivity index (χ0n) is 9.41. The first-order valence-electron chi connectivity index (χ1n) is 5.59. The highest BCUT2D eigenvalue weighted by atomic mass is 79.9. The fraction of sp³-hybridized carbons (Fsp3) is 0.636. The van der Waals surface area contributed by atoms with Gasteiger partial charge in [0.15, 0.2) is 0 Å². The molecule has 1 aliphatic heterocycles. The lowest BCUT2D eigenvalue weighted by Crippen LogP contribution is -2.45. The topological polar surface area (TPSA) is 15.3 Å². The van der Waals surface area contributed by atoms with E-state index < -0.39 is 0 Å². The second-order valence-corrected chi connectivity index (χ2v) is 8.24. The Kier molecular flexibility index (Phi) is 5.16. The molecule has 0 aliphatic carbocycles. The van der Waals surface area contributed by atoms with E-state index in [9.17, 15) is 0 Å². The van der Waals surface area contributed by atoms with E-state index in [0.29, 0.717) is 5.25 Å². The van der Waals surface area contributed by atoms with Gasteiger partial charge in [-0.2, -0.15) is 0 Å². The van der Waals surface area contributed by atoms with Crippen LogP contribution in [-0.2, 0) is 0 Å². The lowest BCUT2D eigenvalue weighted by Gasteiger charge is -2.29. The highest BCUT2D eigenvalue weighted by Gasteiger charge is 2.14. The number of hydrogen-bond acceptors (Lipinski definition) is 4. The van der Waals surface area contributed by atoms with Crippen LogP contribution in [0.5, 0.6) is 0 Å². The molecular formula is C11H17BrN2S2. The van der Waals surface area contributed by atoms with E-state index in [4.69, 9.17) is 0 Å². The average Bonchev–Trinajstić information content (AvgIpc) is 2.65. The van der Waals surface area contributed by atoms with Crippen LogP contribution in [-0.4, -0.2) is 42.9 Å². The summed E-state index contributed by atoms with van der Waals surface area (Å²) in [5.41, 5.74) is 0. The van der Waals surface area contributed by atoms with Gasteiger partial charge in [-0.3, -0.25) is 4.90 Å². The van der Waals surface area contributed by atoms with Crippen molar-refractivity contribution in [1.29, 1.82) is 0 Å². The van der Waals surface area contributed by atoms with Crippen LogP contribution in [0.2, 0.25) is 0 Å². The van der Waals surface area contributed by atoms with Crippen molar-refractivity contribution in [2.75, 3.05) is 32.7 Å². The van der Waals surface area contributed by atoms with Gasteiger partial charge < -0.3 is 5.32 Å². The van der Waals surface area contributed by atoms with Gasteiger partial charge in [0, 0.05) is 38.0 Å². The van der Waals surface area contributed by atoms with Crippen molar-refractivity contribution in [3.63, 3.8) is 0 Å². The van der Waals surface area contributed by atoms with Crippen LogP contribution in [0.25, 0.3) is 0 Å². The molecule has 1 atom stereocenters. The van der Waals surface area contributed by atoms with Gasteiger partial charge in [0.25, 0.3) is 0 Å². The van der Waals surface area contributed by atoms with Gasteiger partial charge >= 0.3 is 0 Å². The molecule has 1 unspecified atom stereocenters. The van der Waals surface area contributed by atoms with Crippen LogP contribution in [0.3, 0.4) is 0 Å². The smallest absolute Gasteiger partial charge is 0.0710 e. The van der Waals surface area contributed by atoms with Crippen molar-refractivity contribution >= 4 is 39.0 Å². The molecule has 2 heterocycles. The molecule has 90 valence electrons. The molecule has 16 heavy (non-hydrogen) atoms. The van der Waals surface area contributed by atoms with E-state index in [1.807, 2.05) is 23.1 Å². The van der Waals surface area contributed by atoms with Gasteiger partial charge in [0.05, 0.1) is 8.00 Å². The second kappa shape index (κ2) is 6.40. The predicted molar refractivity (Wildman–Crippen MR) is 76.6 cm³/mol. The summed E-state index contributed by atoms with van der Waals surface area (Å²) < 4.78 is 2.64. The molecule has 0 amide bonds. The van der Waals surface area contributed by atoms with Gasteiger partial charge in [-0.05, 0) is 28.1 Å². The fourth-order valence-corrected chi connectivity index (χ4v) is 5.08. The largest absolute Gasteiger partial charge is 0.314 e. The highest BCUT2D eigenvalue weighted by Crippen LogP contribution is 2.33. The van der Waals surface area contributed by atoms with E-state index in [1.165, 1.54) is 27.6 Å². The first-order valence-corrected chi connectivity index (χ1v) is 8.08. The number of nitrogens with zero attached hydrogens (tertiary/aromatic N) is 1. The monoisotopic (exact) mass is 320 g/mol. The summed E-state index contributed by atoms with van der Waals surface area (Å²) >= 11 is 7.32. The van der Waals surface area contributed by atoms with E-state index in [2.05, 4.69) is 45.2 Å². The van der Waals surface area contributed by atoms with Crippen molar-refractivity contribution in [2.45, 2.75) is 16.4 Å². The maximum atomic E-state index is 3.51. The fourth-order valence-electron chi connectivity index (χ4n) is 1.85. The Bertz CT molecular complexity index is 324. The average molecular weight is 321 g/mol. The zero-order valence-corrected chi connectivity index (χ0v) is 12.6. The minimum atomic E-state index is 0.670. The molecule has 0 spiro atoms. The molecule has 0 aromatic carbocycles. The number of thioether (sulfide) groups is 1. The molecule has 1 aromatic rings. The van der Waals surface area contributed by atoms with Crippen molar-refractivity contribution in [1.82, 2.24) is 10.2 Å². The lowest BCUT2D eigenvalue weighted by molar-refractivity contribution is 0.244. The highest BCUT2D eigenvalue weighted by molar-refractivity contribution is 9.11. The first-order chi connectivity index (χ1) is 7.74. The Labute approximate surface area is 114 Å². The molecular weight excluding hydrogens is 304 g/mol. The van der Waals surface area contributed by atoms with E-state index in [-0.39, 0.29) is 0 Å². The first kappa shape index (κ1) is 12.9. The minimum absolute atomic E-state index is 0.670. The Morgan fingerprint density at radius 1 is 1.50 bits per heavy atom. The van der Waals surface area contributed by atoms with Gasteiger partial charge in [-0.1, -0.05) is 6.92 Å². The molecule has 1 fully saturated rings. The predicted octanol–water partition coefficient (Wildman–Crippen LogP) is 2.90. The van der Waals surface area contributed by atoms with Crippen molar-refractivity contribution in [2.24, 2.45) is 0 Å². The maximum absolute atomic E-state index is 3.51. The Hall–Kier alpha value is 0.450. The molecule has 0 radical (unpaired) electrons. The van der Waals surface area contributed by atoms with Gasteiger partial charge in [-0.25, -0.2) is 0 Å². The third-order valence-electron chi connectivity index (χ3n) is 2.59. The van der Waals surface area contributed by atoms with Crippen molar-refractivity contribution < 1.29 is 0 Å². The normalized spacial score (nSPS) is 19.9. The van der Waals surface area contributed by atoms with Gasteiger partial charge in [0.2, 0.25) is 0 Å². The van der Waals surface area contributed by atoms with Crippen LogP contribution < -0.4 is 5.32 Å². The molecule has 1 aliphatic rings. The van der Waals surface area contributed by atoms with Gasteiger partial charge in [0.1, 0.15) is 0 Å². The number of thiophene rings is 1. The van der Waals surface area contributed by atoms with Crippen LogP contribution in [0.1, 0.15) is 6.92 Å². The molecule has 2 rings (SSSR count). The summed E-state index contributed by atoms with van der Waals surface area (Å²) in [7, 11) is 0. The van der Waals surface area contributed by atoms with Crippen LogP contribution in [0, 0.1) is 0 Å².